The molecule has 2 atom stereocenters. The summed E-state index contributed by atoms with van der Waals surface area (Å²) in [6, 6.07) is 6.72. The summed E-state index contributed by atoms with van der Waals surface area (Å²) in [7, 11) is -3.86. The summed E-state index contributed by atoms with van der Waals surface area (Å²) >= 11 is 0. The molecule has 4 rings (SSSR count). The number of hydrogen-bond acceptors (Lipinski definition) is 9. The van der Waals surface area contributed by atoms with Crippen LogP contribution >= 0.6 is 0 Å². The first-order valence-corrected chi connectivity index (χ1v) is 14.4. The van der Waals surface area contributed by atoms with Crippen molar-refractivity contribution in [2.45, 2.75) is 30.5 Å². The molecule has 3 aliphatic rings. The monoisotopic (exact) mass is 602 g/mol. The van der Waals surface area contributed by atoms with Crippen LogP contribution < -0.4 is 10.6 Å². The molecular formula is C27H25F3N6O5S. The third kappa shape index (κ3) is 5.41. The molecule has 2 aliphatic heterocycles. The minimum Gasteiger partial charge on any atom is -0.353 e. The Morgan fingerprint density at radius 1 is 1.21 bits per heavy atom. The summed E-state index contributed by atoms with van der Waals surface area (Å²) in [6.07, 6.45) is -2.69. The number of nitrogens with zero attached hydrogens (tertiary/aromatic N) is 4. The number of piperazine rings is 1. The zero-order valence-corrected chi connectivity index (χ0v) is 23.3. The molecule has 42 heavy (non-hydrogen) atoms. The van der Waals surface area contributed by atoms with Gasteiger partial charge in [0.05, 0.1) is 59.5 Å². The fraction of sp³-hybridized carbons (Fsp3) is 0.370. The Balaban J connectivity index is 1.72. The maximum absolute atomic E-state index is 14.6. The molecule has 0 spiro atoms. The van der Waals surface area contributed by atoms with E-state index in [1.54, 1.807) is 0 Å². The Morgan fingerprint density at radius 2 is 1.93 bits per heavy atom. The standard InChI is InChI=1S/C27H25F3N6O5S/c1-16-19(13-32)24(18-6-5-17(12-31)10-21(18)42(2,40)41)34-15-36(16)20-4-3-7-26(25(20)39,27(28,29)30)11-23(38)35-9-8-33-22(37)14-35/h3-7,10,24,34H,8-9,11,14-15H2,1-2H3,(H,33,37)/t24-,26?/m1/s1. The van der Waals surface area contributed by atoms with E-state index >= 15 is 0 Å². The topological polar surface area (TPSA) is 163 Å². The van der Waals surface area contributed by atoms with E-state index in [-0.39, 0.29) is 47.1 Å². The van der Waals surface area contributed by atoms with Crippen molar-refractivity contribution in [3.05, 3.63) is 64.5 Å². The minimum absolute atomic E-state index is 0.00522. The van der Waals surface area contributed by atoms with Gasteiger partial charge in [-0.2, -0.15) is 23.7 Å². The fourth-order valence-electron chi connectivity index (χ4n) is 5.16. The van der Waals surface area contributed by atoms with Gasteiger partial charge in [-0.25, -0.2) is 8.42 Å². The van der Waals surface area contributed by atoms with Crippen LogP contribution in [0.1, 0.15) is 30.5 Å². The summed E-state index contributed by atoms with van der Waals surface area (Å²) in [5.41, 5.74) is -3.40. The van der Waals surface area contributed by atoms with E-state index in [4.69, 9.17) is 0 Å². The minimum atomic E-state index is -5.18. The van der Waals surface area contributed by atoms with Crippen LogP contribution in [-0.2, 0) is 24.2 Å². The summed E-state index contributed by atoms with van der Waals surface area (Å²) in [5.74, 6) is -2.96. The molecule has 15 heteroatoms. The highest BCUT2D eigenvalue weighted by molar-refractivity contribution is 7.90. The third-order valence-corrected chi connectivity index (χ3v) is 8.55. The van der Waals surface area contributed by atoms with E-state index in [0.717, 1.165) is 23.3 Å². The second-order valence-corrected chi connectivity index (χ2v) is 12.0. The van der Waals surface area contributed by atoms with E-state index in [2.05, 4.69) is 10.6 Å². The molecule has 1 saturated heterocycles. The van der Waals surface area contributed by atoms with Crippen molar-refractivity contribution in [3.63, 3.8) is 0 Å². The van der Waals surface area contributed by atoms with Gasteiger partial charge in [0.15, 0.2) is 21.0 Å². The number of carbonyl (C=O) groups excluding carboxylic acids is 3. The molecule has 2 amide bonds. The Morgan fingerprint density at radius 3 is 2.52 bits per heavy atom. The molecule has 1 aromatic rings. The highest BCUT2D eigenvalue weighted by atomic mass is 32.2. The predicted molar refractivity (Wildman–Crippen MR) is 140 cm³/mol. The van der Waals surface area contributed by atoms with Crippen molar-refractivity contribution in [1.82, 2.24) is 20.4 Å². The molecule has 1 aromatic carbocycles. The van der Waals surface area contributed by atoms with Crippen LogP contribution in [0.5, 0.6) is 0 Å². The number of Topliss-reactive ketones (excluding diaryl/α,β-unsaturated/α-hetero) is 1. The molecule has 2 N–H and O–H groups in total. The number of carbonyl (C=O) groups is 3. The van der Waals surface area contributed by atoms with Crippen LogP contribution in [-0.4, -0.2) is 74.6 Å². The Hall–Kier alpha value is -4.47. The van der Waals surface area contributed by atoms with Crippen LogP contribution in [0.4, 0.5) is 13.2 Å². The third-order valence-electron chi connectivity index (χ3n) is 7.40. The van der Waals surface area contributed by atoms with Gasteiger partial charge in [-0.3, -0.25) is 19.7 Å². The molecule has 1 fully saturated rings. The summed E-state index contributed by atoms with van der Waals surface area (Å²) < 4.78 is 68.8. The molecule has 0 bridgehead atoms. The van der Waals surface area contributed by atoms with E-state index in [1.165, 1.54) is 30.0 Å². The normalized spacial score (nSPS) is 23.2. The number of amides is 2. The van der Waals surface area contributed by atoms with Crippen LogP contribution in [0, 0.1) is 28.1 Å². The fourth-order valence-corrected chi connectivity index (χ4v) is 6.11. The van der Waals surface area contributed by atoms with Gasteiger partial charge in [0.2, 0.25) is 11.8 Å². The Kier molecular flexibility index (Phi) is 8.04. The van der Waals surface area contributed by atoms with E-state index < -0.39 is 63.7 Å². The largest absolute Gasteiger partial charge is 0.405 e. The lowest BCUT2D eigenvalue weighted by Gasteiger charge is -2.41. The van der Waals surface area contributed by atoms with Crippen molar-refractivity contribution in [1.29, 1.82) is 10.5 Å². The van der Waals surface area contributed by atoms with Gasteiger partial charge in [0.25, 0.3) is 0 Å². The maximum Gasteiger partial charge on any atom is 0.405 e. The zero-order valence-electron chi connectivity index (χ0n) is 22.4. The molecule has 1 aliphatic carbocycles. The average Bonchev–Trinajstić information content (AvgIpc) is 2.92. The van der Waals surface area contributed by atoms with Gasteiger partial charge in [-0.05, 0) is 30.7 Å². The maximum atomic E-state index is 14.6. The number of benzene rings is 1. The summed E-state index contributed by atoms with van der Waals surface area (Å²) in [5, 5.41) is 24.7. The van der Waals surface area contributed by atoms with Crippen LogP contribution in [0.3, 0.4) is 0 Å². The Labute approximate surface area is 239 Å². The SMILES string of the molecule is CC1=C(C#N)[C@@H](c2ccc(C#N)cc2S(C)(=O)=O)NCN1C1=CC=CC(CC(=O)N2CCNC(=O)C2)(C(F)(F)F)C1=O. The lowest BCUT2D eigenvalue weighted by Crippen LogP contribution is -2.55. The van der Waals surface area contributed by atoms with Crippen molar-refractivity contribution in [2.24, 2.45) is 5.41 Å². The first-order chi connectivity index (χ1) is 19.6. The summed E-state index contributed by atoms with van der Waals surface area (Å²) in [4.78, 5) is 40.2. The van der Waals surface area contributed by atoms with Gasteiger partial charge < -0.3 is 15.1 Å². The zero-order chi connectivity index (χ0) is 31.0. The number of hydrogen-bond donors (Lipinski definition) is 2. The second kappa shape index (κ2) is 11.1. The molecule has 1 unspecified atom stereocenters. The number of alkyl halides is 3. The van der Waals surface area contributed by atoms with E-state index in [9.17, 15) is 46.5 Å². The predicted octanol–water partition coefficient (Wildman–Crippen LogP) is 1.58. The highest BCUT2D eigenvalue weighted by Crippen LogP contribution is 2.48. The number of sulfone groups is 1. The molecule has 11 nitrogen and oxygen atoms in total. The quantitative estimate of drug-likeness (QED) is 0.509. The Bertz CT molecular complexity index is 1650. The molecular weight excluding hydrogens is 577 g/mol. The molecule has 0 radical (unpaired) electrons. The first-order valence-electron chi connectivity index (χ1n) is 12.6. The second-order valence-electron chi connectivity index (χ2n) is 10.0. The lowest BCUT2D eigenvalue weighted by molar-refractivity contribution is -0.208. The van der Waals surface area contributed by atoms with Crippen molar-refractivity contribution in [3.8, 4) is 12.1 Å². The number of rotatable bonds is 5. The van der Waals surface area contributed by atoms with Crippen molar-refractivity contribution in [2.75, 3.05) is 32.6 Å². The van der Waals surface area contributed by atoms with E-state index in [1.807, 2.05) is 12.1 Å². The van der Waals surface area contributed by atoms with Crippen LogP contribution in [0.25, 0.3) is 0 Å². The number of ketones is 1. The van der Waals surface area contributed by atoms with Crippen LogP contribution in [0.15, 0.2) is 58.3 Å². The van der Waals surface area contributed by atoms with Gasteiger partial charge >= 0.3 is 6.18 Å². The summed E-state index contributed by atoms with van der Waals surface area (Å²) in [6.45, 7) is 0.762. The highest BCUT2D eigenvalue weighted by Gasteiger charge is 2.61. The van der Waals surface area contributed by atoms with Gasteiger partial charge in [-0.15, -0.1) is 0 Å². The lowest BCUT2D eigenvalue weighted by atomic mass is 9.74. The van der Waals surface area contributed by atoms with Crippen molar-refractivity contribution >= 4 is 27.4 Å². The number of nitrogens with one attached hydrogen (secondary N) is 2. The molecule has 2 heterocycles. The average molecular weight is 603 g/mol. The van der Waals surface area contributed by atoms with Gasteiger partial charge in [0, 0.05) is 25.0 Å². The van der Waals surface area contributed by atoms with E-state index in [0.29, 0.717) is 6.08 Å². The van der Waals surface area contributed by atoms with Gasteiger partial charge in [0.1, 0.15) is 0 Å². The molecule has 0 saturated carbocycles. The number of allylic oxidation sites excluding steroid dienone is 5. The molecule has 0 aromatic heterocycles. The number of halogens is 3. The first kappa shape index (κ1) is 30.5. The van der Waals surface area contributed by atoms with Gasteiger partial charge in [-0.1, -0.05) is 18.2 Å². The smallest absolute Gasteiger partial charge is 0.353 e. The van der Waals surface area contributed by atoms with Crippen LogP contribution in [0.2, 0.25) is 0 Å². The number of nitriles is 2. The molecule has 220 valence electrons. The van der Waals surface area contributed by atoms with Crippen molar-refractivity contribution < 1.29 is 36.0 Å².